The van der Waals surface area contributed by atoms with E-state index < -0.39 is 0 Å². The van der Waals surface area contributed by atoms with E-state index in [0.29, 0.717) is 11.8 Å². The van der Waals surface area contributed by atoms with Crippen LogP contribution in [0.1, 0.15) is 46.7 Å². The number of benzene rings is 1. The van der Waals surface area contributed by atoms with Gasteiger partial charge < -0.3 is 10.1 Å². The number of fused-ring (bicyclic) bond motifs is 2. The molecule has 0 radical (unpaired) electrons. The van der Waals surface area contributed by atoms with E-state index in [2.05, 4.69) is 36.5 Å². The van der Waals surface area contributed by atoms with Gasteiger partial charge in [0.2, 0.25) is 0 Å². The van der Waals surface area contributed by atoms with Gasteiger partial charge in [-0.1, -0.05) is 12.1 Å². The molecule has 1 atom stereocenters. The summed E-state index contributed by atoms with van der Waals surface area (Å²) in [6.07, 6.45) is 6.52. The first kappa shape index (κ1) is 15.6. The van der Waals surface area contributed by atoms with Crippen LogP contribution in [0.3, 0.4) is 0 Å². The van der Waals surface area contributed by atoms with Gasteiger partial charge in [-0.2, -0.15) is 0 Å². The Bertz CT molecular complexity index is 735. The van der Waals surface area contributed by atoms with Crippen molar-refractivity contribution in [1.29, 1.82) is 0 Å². The van der Waals surface area contributed by atoms with Gasteiger partial charge in [0.25, 0.3) is 0 Å². The second kappa shape index (κ2) is 6.56. The lowest BCUT2D eigenvalue weighted by Crippen LogP contribution is -2.32. The van der Waals surface area contributed by atoms with Gasteiger partial charge >= 0.3 is 0 Å². The van der Waals surface area contributed by atoms with Crippen molar-refractivity contribution in [3.63, 3.8) is 0 Å². The summed E-state index contributed by atoms with van der Waals surface area (Å²) in [5, 5.41) is 3.50. The molecule has 24 heavy (non-hydrogen) atoms. The largest absolute Gasteiger partial charge is 0.496 e. The maximum atomic E-state index is 5.84. The van der Waals surface area contributed by atoms with Gasteiger partial charge in [0.05, 0.1) is 12.8 Å². The van der Waals surface area contributed by atoms with Crippen LogP contribution in [0.4, 0.5) is 0 Å². The van der Waals surface area contributed by atoms with E-state index in [1.54, 1.807) is 7.11 Å². The summed E-state index contributed by atoms with van der Waals surface area (Å²) in [5.41, 5.74) is 6.83. The number of rotatable bonds is 2. The Morgan fingerprint density at radius 1 is 1.12 bits per heavy atom. The number of hydrogen-bond acceptors (Lipinski definition) is 3. The second-order valence-electron chi connectivity index (χ2n) is 7.15. The first-order valence-corrected chi connectivity index (χ1v) is 9.10. The summed E-state index contributed by atoms with van der Waals surface area (Å²) in [6, 6.07) is 8.90. The highest BCUT2D eigenvalue weighted by atomic mass is 16.5. The fraction of sp³-hybridized carbons (Fsp3) is 0.476. The number of nitrogens with zero attached hydrogens (tertiary/aromatic N) is 1. The monoisotopic (exact) mass is 322 g/mol. The lowest BCUT2D eigenvalue weighted by molar-refractivity contribution is 0.329. The summed E-state index contributed by atoms with van der Waals surface area (Å²) in [7, 11) is 1.80. The third kappa shape index (κ3) is 2.71. The summed E-state index contributed by atoms with van der Waals surface area (Å²) in [6.45, 7) is 4.37. The number of aryl methyl sites for hydroxylation is 3. The molecule has 1 N–H and O–H groups in total. The van der Waals surface area contributed by atoms with E-state index in [4.69, 9.17) is 9.72 Å². The maximum Gasteiger partial charge on any atom is 0.123 e. The quantitative estimate of drug-likeness (QED) is 0.917. The molecule has 3 heteroatoms. The van der Waals surface area contributed by atoms with E-state index in [1.165, 1.54) is 40.8 Å². The van der Waals surface area contributed by atoms with Crippen molar-refractivity contribution in [2.75, 3.05) is 20.2 Å². The zero-order valence-electron chi connectivity index (χ0n) is 14.6. The number of piperidine rings is 1. The lowest BCUT2D eigenvalue weighted by Gasteiger charge is -2.32. The molecule has 0 spiro atoms. The van der Waals surface area contributed by atoms with Crippen LogP contribution in [-0.4, -0.2) is 25.2 Å². The predicted octanol–water partition coefficient (Wildman–Crippen LogP) is 3.63. The Hall–Kier alpha value is -1.87. The molecule has 2 aliphatic rings. The molecule has 3 nitrogen and oxygen atoms in total. The van der Waals surface area contributed by atoms with Gasteiger partial charge in [0.1, 0.15) is 5.75 Å². The molecule has 1 aliphatic carbocycles. The van der Waals surface area contributed by atoms with Crippen molar-refractivity contribution in [3.8, 4) is 5.75 Å². The maximum absolute atomic E-state index is 5.84. The smallest absolute Gasteiger partial charge is 0.123 e. The highest BCUT2D eigenvalue weighted by Gasteiger charge is 2.34. The van der Waals surface area contributed by atoms with Crippen LogP contribution < -0.4 is 10.1 Å². The molecule has 1 aliphatic heterocycles. The third-order valence-electron chi connectivity index (χ3n) is 5.64. The SMILES string of the molecule is COc1cc(C)cc2c1C(C1CCNCC1)c1ncccc1CC2. The Balaban J connectivity index is 1.92. The summed E-state index contributed by atoms with van der Waals surface area (Å²) in [4.78, 5) is 4.86. The molecular formula is C21H26N2O. The Labute approximate surface area is 144 Å². The van der Waals surface area contributed by atoms with Crippen molar-refractivity contribution >= 4 is 0 Å². The topological polar surface area (TPSA) is 34.1 Å². The first-order chi connectivity index (χ1) is 11.8. The van der Waals surface area contributed by atoms with Crippen LogP contribution in [0.5, 0.6) is 5.75 Å². The van der Waals surface area contributed by atoms with Crippen LogP contribution in [0.15, 0.2) is 30.5 Å². The molecule has 1 fully saturated rings. The molecule has 1 aromatic carbocycles. The van der Waals surface area contributed by atoms with Crippen molar-refractivity contribution in [2.45, 2.75) is 38.5 Å². The van der Waals surface area contributed by atoms with Gasteiger partial charge in [0, 0.05) is 17.7 Å². The highest BCUT2D eigenvalue weighted by Crippen LogP contribution is 2.45. The van der Waals surface area contributed by atoms with E-state index in [1.807, 2.05) is 6.20 Å². The molecule has 1 aromatic heterocycles. The van der Waals surface area contributed by atoms with Crippen LogP contribution in [0, 0.1) is 12.8 Å². The van der Waals surface area contributed by atoms with Crippen LogP contribution in [-0.2, 0) is 12.8 Å². The standard InChI is InChI=1S/C21H26N2O/c1-14-12-17-6-5-16-4-3-9-23-21(16)20(15-7-10-22-11-8-15)19(17)18(13-14)24-2/h3-4,9,12-13,15,20,22H,5-8,10-11H2,1-2H3. The number of methoxy groups -OCH3 is 1. The minimum Gasteiger partial charge on any atom is -0.496 e. The first-order valence-electron chi connectivity index (χ1n) is 9.10. The molecule has 1 saturated heterocycles. The fourth-order valence-electron chi connectivity index (χ4n) is 4.55. The average molecular weight is 322 g/mol. The second-order valence-corrected chi connectivity index (χ2v) is 7.15. The summed E-state index contributed by atoms with van der Waals surface area (Å²) >= 11 is 0. The minimum absolute atomic E-state index is 0.358. The zero-order valence-corrected chi connectivity index (χ0v) is 14.6. The van der Waals surface area contributed by atoms with Gasteiger partial charge in [-0.25, -0.2) is 0 Å². The minimum atomic E-state index is 0.358. The van der Waals surface area contributed by atoms with Gasteiger partial charge in [-0.05, 0) is 80.4 Å². The zero-order chi connectivity index (χ0) is 16.5. The van der Waals surface area contributed by atoms with Crippen molar-refractivity contribution < 1.29 is 4.74 Å². The summed E-state index contributed by atoms with van der Waals surface area (Å²) < 4.78 is 5.84. The van der Waals surface area contributed by atoms with Gasteiger partial charge in [-0.3, -0.25) is 4.98 Å². The molecule has 2 heterocycles. The molecule has 0 saturated carbocycles. The van der Waals surface area contributed by atoms with Crippen molar-refractivity contribution in [2.24, 2.45) is 5.92 Å². The number of nitrogens with one attached hydrogen (secondary N) is 1. The number of ether oxygens (including phenoxy) is 1. The fourth-order valence-corrected chi connectivity index (χ4v) is 4.55. The normalized spacial score (nSPS) is 20.8. The Kier molecular flexibility index (Phi) is 4.28. The van der Waals surface area contributed by atoms with Crippen LogP contribution >= 0.6 is 0 Å². The molecule has 126 valence electrons. The van der Waals surface area contributed by atoms with Gasteiger partial charge in [0.15, 0.2) is 0 Å². The van der Waals surface area contributed by atoms with Crippen molar-refractivity contribution in [1.82, 2.24) is 10.3 Å². The molecule has 0 bridgehead atoms. The van der Waals surface area contributed by atoms with E-state index in [9.17, 15) is 0 Å². The van der Waals surface area contributed by atoms with Gasteiger partial charge in [-0.15, -0.1) is 0 Å². The molecule has 0 amide bonds. The van der Waals surface area contributed by atoms with Crippen LogP contribution in [0.2, 0.25) is 0 Å². The Morgan fingerprint density at radius 3 is 2.71 bits per heavy atom. The van der Waals surface area contributed by atoms with Crippen molar-refractivity contribution in [3.05, 3.63) is 58.4 Å². The summed E-state index contributed by atoms with van der Waals surface area (Å²) in [5.74, 6) is 2.04. The Morgan fingerprint density at radius 2 is 1.92 bits per heavy atom. The third-order valence-corrected chi connectivity index (χ3v) is 5.64. The molecule has 2 aromatic rings. The lowest BCUT2D eigenvalue weighted by atomic mass is 9.76. The van der Waals surface area contributed by atoms with E-state index in [0.717, 1.165) is 31.7 Å². The van der Waals surface area contributed by atoms with Crippen LogP contribution in [0.25, 0.3) is 0 Å². The number of hydrogen-bond donors (Lipinski definition) is 1. The molecule has 1 unspecified atom stereocenters. The number of pyridine rings is 1. The molecular weight excluding hydrogens is 296 g/mol. The molecule has 4 rings (SSSR count). The predicted molar refractivity (Wildman–Crippen MR) is 96.8 cm³/mol. The highest BCUT2D eigenvalue weighted by molar-refractivity contribution is 5.52. The average Bonchev–Trinajstić information content (AvgIpc) is 2.79. The number of aromatic nitrogens is 1. The van der Waals surface area contributed by atoms with E-state index >= 15 is 0 Å². The van der Waals surface area contributed by atoms with E-state index in [-0.39, 0.29) is 0 Å².